The van der Waals surface area contributed by atoms with Crippen molar-refractivity contribution in [3.05, 3.63) is 46.8 Å². The molecule has 1 aromatic carbocycles. The average Bonchev–Trinajstić information content (AvgIpc) is 3.07. The van der Waals surface area contributed by atoms with E-state index in [0.29, 0.717) is 18.5 Å². The van der Waals surface area contributed by atoms with Crippen molar-refractivity contribution in [2.45, 2.75) is 33.2 Å². The van der Waals surface area contributed by atoms with Gasteiger partial charge in [0.05, 0.1) is 11.8 Å². The lowest BCUT2D eigenvalue weighted by Gasteiger charge is -2.22. The van der Waals surface area contributed by atoms with Crippen LogP contribution in [0.5, 0.6) is 0 Å². The minimum atomic E-state index is -0.488. The van der Waals surface area contributed by atoms with Gasteiger partial charge in [0.2, 0.25) is 5.91 Å². The van der Waals surface area contributed by atoms with E-state index in [9.17, 15) is 9.59 Å². The van der Waals surface area contributed by atoms with E-state index >= 15 is 0 Å². The number of nitrogens with one attached hydrogen (secondary N) is 1. The molecule has 0 bridgehead atoms. The summed E-state index contributed by atoms with van der Waals surface area (Å²) < 4.78 is 1.57. The number of hydrogen-bond donors (Lipinski definition) is 1. The Kier molecular flexibility index (Phi) is 4.13. The Morgan fingerprint density at radius 2 is 1.92 bits per heavy atom. The fourth-order valence-corrected chi connectivity index (χ4v) is 3.41. The van der Waals surface area contributed by atoms with Crippen LogP contribution in [0.4, 0.5) is 5.69 Å². The Morgan fingerprint density at radius 3 is 2.50 bits per heavy atom. The maximum absolute atomic E-state index is 12.8. The van der Waals surface area contributed by atoms with Crippen LogP contribution < -0.4 is 10.2 Å². The van der Waals surface area contributed by atoms with Gasteiger partial charge in [0, 0.05) is 25.5 Å². The van der Waals surface area contributed by atoms with Crippen LogP contribution >= 0.6 is 0 Å². The highest BCUT2D eigenvalue weighted by Gasteiger charge is 2.35. The number of anilines is 1. The molecule has 0 saturated carbocycles. The maximum Gasteiger partial charge on any atom is 0.255 e. The van der Waals surface area contributed by atoms with Crippen LogP contribution in [0.25, 0.3) is 0 Å². The van der Waals surface area contributed by atoms with Crippen molar-refractivity contribution in [3.8, 4) is 0 Å². The normalized spacial score (nSPS) is 17.4. The van der Waals surface area contributed by atoms with Gasteiger partial charge in [-0.3, -0.25) is 14.3 Å². The van der Waals surface area contributed by atoms with Crippen molar-refractivity contribution in [2.75, 3.05) is 11.4 Å². The number of rotatable bonds is 3. The number of amides is 2. The molecule has 126 valence electrons. The predicted molar refractivity (Wildman–Crippen MR) is 92.1 cm³/mol. The Labute approximate surface area is 141 Å². The van der Waals surface area contributed by atoms with Gasteiger partial charge in [-0.25, -0.2) is 0 Å². The van der Waals surface area contributed by atoms with Gasteiger partial charge >= 0.3 is 0 Å². The molecule has 2 heterocycles. The Hall–Kier alpha value is -2.63. The number of benzene rings is 1. The number of aromatic nitrogens is 2. The average molecular weight is 326 g/mol. The third-order valence-corrected chi connectivity index (χ3v) is 4.38. The molecule has 1 aliphatic rings. The summed E-state index contributed by atoms with van der Waals surface area (Å²) in [6.07, 6.45) is 3.75. The molecule has 24 heavy (non-hydrogen) atoms. The van der Waals surface area contributed by atoms with Crippen molar-refractivity contribution in [1.29, 1.82) is 0 Å². The first-order valence-corrected chi connectivity index (χ1v) is 8.05. The monoisotopic (exact) mass is 326 g/mol. The van der Waals surface area contributed by atoms with E-state index in [1.165, 1.54) is 11.8 Å². The van der Waals surface area contributed by atoms with E-state index < -0.39 is 6.04 Å². The Balaban J connectivity index is 1.77. The van der Waals surface area contributed by atoms with Gasteiger partial charge in [0.25, 0.3) is 5.91 Å². The molecule has 0 spiro atoms. The highest BCUT2D eigenvalue weighted by atomic mass is 16.2. The van der Waals surface area contributed by atoms with E-state index in [4.69, 9.17) is 0 Å². The van der Waals surface area contributed by atoms with E-state index in [0.717, 1.165) is 16.8 Å². The Bertz CT molecular complexity index is 786. The zero-order valence-electron chi connectivity index (χ0n) is 14.5. The lowest BCUT2D eigenvalue weighted by atomic mass is 10.0. The molecule has 0 radical (unpaired) electrons. The van der Waals surface area contributed by atoms with Crippen LogP contribution in [0, 0.1) is 20.8 Å². The van der Waals surface area contributed by atoms with E-state index in [1.807, 2.05) is 20.8 Å². The molecular formula is C18H22N4O2. The summed E-state index contributed by atoms with van der Waals surface area (Å²) in [6.45, 7) is 6.70. The van der Waals surface area contributed by atoms with Crippen molar-refractivity contribution in [1.82, 2.24) is 15.1 Å². The first-order chi connectivity index (χ1) is 11.4. The van der Waals surface area contributed by atoms with Gasteiger partial charge in [-0.2, -0.15) is 5.10 Å². The fourth-order valence-electron chi connectivity index (χ4n) is 3.41. The largest absolute Gasteiger partial charge is 0.340 e. The summed E-state index contributed by atoms with van der Waals surface area (Å²) in [5, 5.41) is 6.81. The van der Waals surface area contributed by atoms with Crippen molar-refractivity contribution >= 4 is 17.5 Å². The molecule has 2 amide bonds. The lowest BCUT2D eigenvalue weighted by molar-refractivity contribution is -0.118. The second-order valence-electron chi connectivity index (χ2n) is 6.45. The van der Waals surface area contributed by atoms with E-state index in [2.05, 4.69) is 22.5 Å². The summed E-state index contributed by atoms with van der Waals surface area (Å²) in [5.41, 5.74) is 4.78. The smallest absolute Gasteiger partial charge is 0.255 e. The highest BCUT2D eigenvalue weighted by molar-refractivity contribution is 6.04. The first-order valence-electron chi connectivity index (χ1n) is 8.05. The SMILES string of the molecule is Cc1cc(C)c(N2CC[C@@H](NC(=O)c3cnn(C)c3)C2=O)c(C)c1. The molecule has 1 fully saturated rings. The molecule has 0 unspecified atom stereocenters. The zero-order valence-corrected chi connectivity index (χ0v) is 14.5. The second kappa shape index (κ2) is 6.11. The molecule has 3 rings (SSSR count). The standard InChI is InChI=1S/C18H22N4O2/c1-11-7-12(2)16(13(3)8-11)22-6-5-15(18(22)24)20-17(23)14-9-19-21(4)10-14/h7-10,15H,5-6H2,1-4H3,(H,20,23)/t15-/m1/s1. The van der Waals surface area contributed by atoms with Gasteiger partial charge in [-0.15, -0.1) is 0 Å². The molecule has 2 aromatic rings. The number of aryl methyl sites for hydroxylation is 4. The van der Waals surface area contributed by atoms with E-state index in [1.54, 1.807) is 22.8 Å². The summed E-state index contributed by atoms with van der Waals surface area (Å²) in [6, 6.07) is 3.67. The summed E-state index contributed by atoms with van der Waals surface area (Å²) >= 11 is 0. The summed E-state index contributed by atoms with van der Waals surface area (Å²) in [7, 11) is 1.75. The van der Waals surface area contributed by atoms with Crippen molar-refractivity contribution in [2.24, 2.45) is 7.05 Å². The first kappa shape index (κ1) is 16.2. The molecule has 1 saturated heterocycles. The fraction of sp³-hybridized carbons (Fsp3) is 0.389. The molecule has 1 aliphatic heterocycles. The van der Waals surface area contributed by atoms with Gasteiger partial charge in [0.15, 0.2) is 0 Å². The van der Waals surface area contributed by atoms with Gasteiger partial charge in [-0.1, -0.05) is 17.7 Å². The minimum absolute atomic E-state index is 0.0534. The number of nitrogens with zero attached hydrogens (tertiary/aromatic N) is 3. The summed E-state index contributed by atoms with van der Waals surface area (Å²) in [4.78, 5) is 26.8. The van der Waals surface area contributed by atoms with Crippen LogP contribution in [-0.4, -0.2) is 34.2 Å². The van der Waals surface area contributed by atoms with Crippen LogP contribution in [0.15, 0.2) is 24.5 Å². The molecule has 1 atom stereocenters. The quantitative estimate of drug-likeness (QED) is 0.936. The predicted octanol–water partition coefficient (Wildman–Crippen LogP) is 1.88. The molecule has 1 aromatic heterocycles. The topological polar surface area (TPSA) is 67.2 Å². The molecule has 0 aliphatic carbocycles. The zero-order chi connectivity index (χ0) is 17.4. The van der Waals surface area contributed by atoms with Crippen molar-refractivity contribution in [3.63, 3.8) is 0 Å². The minimum Gasteiger partial charge on any atom is -0.340 e. The third kappa shape index (κ3) is 2.91. The number of hydrogen-bond acceptors (Lipinski definition) is 3. The van der Waals surface area contributed by atoms with Crippen LogP contribution in [0.3, 0.4) is 0 Å². The lowest BCUT2D eigenvalue weighted by Crippen LogP contribution is -2.41. The van der Waals surface area contributed by atoms with Gasteiger partial charge in [0.1, 0.15) is 6.04 Å². The second-order valence-corrected chi connectivity index (χ2v) is 6.45. The number of carbonyl (C=O) groups is 2. The Morgan fingerprint density at radius 1 is 1.25 bits per heavy atom. The van der Waals surface area contributed by atoms with Crippen LogP contribution in [0.2, 0.25) is 0 Å². The highest BCUT2D eigenvalue weighted by Crippen LogP contribution is 2.30. The third-order valence-electron chi connectivity index (χ3n) is 4.38. The molecule has 6 heteroatoms. The van der Waals surface area contributed by atoms with Crippen LogP contribution in [-0.2, 0) is 11.8 Å². The van der Waals surface area contributed by atoms with E-state index in [-0.39, 0.29) is 11.8 Å². The van der Waals surface area contributed by atoms with Crippen LogP contribution in [0.1, 0.15) is 33.5 Å². The van der Waals surface area contributed by atoms with Gasteiger partial charge in [-0.05, 0) is 38.3 Å². The van der Waals surface area contributed by atoms with Crippen molar-refractivity contribution < 1.29 is 9.59 Å². The maximum atomic E-state index is 12.8. The molecule has 6 nitrogen and oxygen atoms in total. The summed E-state index contributed by atoms with van der Waals surface area (Å²) in [5.74, 6) is -0.317. The van der Waals surface area contributed by atoms with Gasteiger partial charge < -0.3 is 10.2 Å². The number of carbonyl (C=O) groups excluding carboxylic acids is 2. The molecule has 1 N–H and O–H groups in total. The molecular weight excluding hydrogens is 304 g/mol.